The molecule has 138 valence electrons. The molecule has 0 spiro atoms. The molecule has 5 heteroatoms. The third kappa shape index (κ3) is 2.77. The summed E-state index contributed by atoms with van der Waals surface area (Å²) in [5, 5.41) is 1.37. The van der Waals surface area contributed by atoms with Crippen molar-refractivity contribution < 1.29 is 9.21 Å². The van der Waals surface area contributed by atoms with Crippen LogP contribution in [0.2, 0.25) is 5.02 Å². The lowest BCUT2D eigenvalue weighted by Crippen LogP contribution is -2.21. The maximum Gasteiger partial charge on any atom is 0.229 e. The highest BCUT2D eigenvalue weighted by Crippen LogP contribution is 2.39. The summed E-state index contributed by atoms with van der Waals surface area (Å²) in [5.74, 6) is 0.777. The summed E-state index contributed by atoms with van der Waals surface area (Å²) in [7, 11) is 0. The third-order valence-electron chi connectivity index (χ3n) is 5.35. The zero-order chi connectivity index (χ0) is 19.3. The molecule has 4 nitrogen and oxygen atoms in total. The molecule has 1 atom stereocenters. The van der Waals surface area contributed by atoms with E-state index in [1.807, 2.05) is 60.7 Å². The Kier molecular flexibility index (Phi) is 3.95. The van der Waals surface area contributed by atoms with Crippen LogP contribution in [-0.4, -0.2) is 10.8 Å². The Morgan fingerprint density at radius 2 is 1.79 bits per heavy atom. The molecule has 2 N–H and O–H groups in total. The number of benzene rings is 2. The van der Waals surface area contributed by atoms with Crippen LogP contribution >= 0.6 is 11.6 Å². The van der Waals surface area contributed by atoms with Gasteiger partial charge in [0.1, 0.15) is 5.76 Å². The lowest BCUT2D eigenvalue weighted by atomic mass is 9.81. The number of halogens is 1. The van der Waals surface area contributed by atoms with Crippen LogP contribution in [0.1, 0.15) is 34.0 Å². The summed E-state index contributed by atoms with van der Waals surface area (Å²) in [6, 6.07) is 19.3. The molecule has 0 fully saturated rings. The summed E-state index contributed by atoms with van der Waals surface area (Å²) >= 11 is 5.99. The van der Waals surface area contributed by atoms with E-state index in [-0.39, 0.29) is 11.7 Å². The molecule has 1 aliphatic rings. The second-order valence-electron chi connectivity index (χ2n) is 7.12. The predicted octanol–water partition coefficient (Wildman–Crippen LogP) is 5.64. The maximum absolute atomic E-state index is 12.9. The van der Waals surface area contributed by atoms with Crippen LogP contribution in [0.25, 0.3) is 22.4 Å². The molecule has 1 aliphatic carbocycles. The van der Waals surface area contributed by atoms with Crippen molar-refractivity contribution in [3.8, 4) is 11.3 Å². The Balaban J connectivity index is 1.60. The zero-order valence-electron chi connectivity index (χ0n) is 15.0. The van der Waals surface area contributed by atoms with Gasteiger partial charge in [-0.25, -0.2) is 4.98 Å². The zero-order valence-corrected chi connectivity index (χ0v) is 15.7. The van der Waals surface area contributed by atoms with E-state index in [2.05, 4.69) is 4.98 Å². The van der Waals surface area contributed by atoms with Crippen LogP contribution < -0.4 is 5.73 Å². The molecule has 0 aliphatic heterocycles. The van der Waals surface area contributed by atoms with E-state index < -0.39 is 0 Å². The second-order valence-corrected chi connectivity index (χ2v) is 7.56. The standard InChI is InChI=1S/C23H17ClN2O2/c24-16-8-6-13(7-9-16)15-10-18-21(19(27)11-15)22(25)17-12-20(28-23(17)26-18)14-4-2-1-3-5-14/h1-9,12,15H,10-11H2,(H2,25,26)/t15-/m0/s1. The fourth-order valence-electron chi connectivity index (χ4n) is 3.93. The average Bonchev–Trinajstić information content (AvgIpc) is 3.13. The van der Waals surface area contributed by atoms with Gasteiger partial charge < -0.3 is 10.2 Å². The van der Waals surface area contributed by atoms with Gasteiger partial charge in [0.15, 0.2) is 5.78 Å². The van der Waals surface area contributed by atoms with E-state index in [0.29, 0.717) is 51.7 Å². The Morgan fingerprint density at radius 1 is 1.04 bits per heavy atom. The van der Waals surface area contributed by atoms with Crippen molar-refractivity contribution in [2.75, 3.05) is 5.73 Å². The number of Topliss-reactive ketones (excluding diaryl/α,β-unsaturated/α-hetero) is 1. The van der Waals surface area contributed by atoms with E-state index >= 15 is 0 Å². The van der Waals surface area contributed by atoms with Crippen molar-refractivity contribution in [2.45, 2.75) is 18.8 Å². The molecule has 28 heavy (non-hydrogen) atoms. The molecule has 5 rings (SSSR count). The van der Waals surface area contributed by atoms with Crippen LogP contribution in [0.4, 0.5) is 5.69 Å². The number of pyridine rings is 1. The molecule has 2 aromatic carbocycles. The van der Waals surface area contributed by atoms with Gasteiger partial charge in [0, 0.05) is 17.0 Å². The van der Waals surface area contributed by atoms with Gasteiger partial charge in [0.25, 0.3) is 0 Å². The summed E-state index contributed by atoms with van der Waals surface area (Å²) in [4.78, 5) is 17.6. The molecule has 0 radical (unpaired) electrons. The number of furan rings is 1. The minimum Gasteiger partial charge on any atom is -0.438 e. The van der Waals surface area contributed by atoms with Gasteiger partial charge in [-0.05, 0) is 36.1 Å². The lowest BCUT2D eigenvalue weighted by molar-refractivity contribution is 0.0964. The highest BCUT2D eigenvalue weighted by atomic mass is 35.5. The topological polar surface area (TPSA) is 69.1 Å². The summed E-state index contributed by atoms with van der Waals surface area (Å²) in [6.07, 6.45) is 1.06. The summed E-state index contributed by atoms with van der Waals surface area (Å²) < 4.78 is 5.97. The number of hydrogen-bond acceptors (Lipinski definition) is 4. The second kappa shape index (κ2) is 6.50. The number of nitrogens with zero attached hydrogens (tertiary/aromatic N) is 1. The summed E-state index contributed by atoms with van der Waals surface area (Å²) in [6.45, 7) is 0. The third-order valence-corrected chi connectivity index (χ3v) is 5.60. The number of nitrogens with two attached hydrogens (primary N) is 1. The van der Waals surface area contributed by atoms with E-state index in [0.717, 1.165) is 11.1 Å². The number of hydrogen-bond donors (Lipinski definition) is 1. The van der Waals surface area contributed by atoms with E-state index in [4.69, 9.17) is 21.8 Å². The van der Waals surface area contributed by atoms with Crippen LogP contribution in [0, 0.1) is 0 Å². The quantitative estimate of drug-likeness (QED) is 0.482. The molecule has 0 amide bonds. The first kappa shape index (κ1) is 17.0. The number of fused-ring (bicyclic) bond motifs is 2. The molecule has 0 saturated heterocycles. The fraction of sp³-hybridized carbons (Fsp3) is 0.130. The smallest absolute Gasteiger partial charge is 0.229 e. The molecule has 2 heterocycles. The number of anilines is 1. The highest BCUT2D eigenvalue weighted by Gasteiger charge is 2.31. The molecular formula is C23H17ClN2O2. The van der Waals surface area contributed by atoms with Crippen LogP contribution in [0.5, 0.6) is 0 Å². The normalized spacial score (nSPS) is 16.3. The van der Waals surface area contributed by atoms with E-state index in [1.54, 1.807) is 0 Å². The van der Waals surface area contributed by atoms with E-state index in [9.17, 15) is 4.79 Å². The Hall–Kier alpha value is -3.11. The Bertz CT molecular complexity index is 1200. The van der Waals surface area contributed by atoms with Gasteiger partial charge in [-0.3, -0.25) is 4.79 Å². The van der Waals surface area contributed by atoms with Gasteiger partial charge in [-0.2, -0.15) is 0 Å². The van der Waals surface area contributed by atoms with Gasteiger partial charge in [0.05, 0.1) is 22.3 Å². The monoisotopic (exact) mass is 388 g/mol. The average molecular weight is 389 g/mol. The maximum atomic E-state index is 12.9. The van der Waals surface area contributed by atoms with Gasteiger partial charge in [-0.15, -0.1) is 0 Å². The van der Waals surface area contributed by atoms with Crippen molar-refractivity contribution in [2.24, 2.45) is 0 Å². The summed E-state index contributed by atoms with van der Waals surface area (Å²) in [5.41, 5.74) is 10.6. The Labute approximate surface area is 166 Å². The molecule has 0 saturated carbocycles. The minimum absolute atomic E-state index is 0.0237. The number of aromatic nitrogens is 1. The largest absolute Gasteiger partial charge is 0.438 e. The van der Waals surface area contributed by atoms with Gasteiger partial charge in [-0.1, -0.05) is 54.1 Å². The SMILES string of the molecule is Nc1c2c(nc3oc(-c4ccccc4)cc13)C[C@H](c1ccc(Cl)cc1)CC2=O. The predicted molar refractivity (Wildman–Crippen MR) is 111 cm³/mol. The number of carbonyl (C=O) groups excluding carboxylic acids is 1. The first-order chi connectivity index (χ1) is 13.6. The fourth-order valence-corrected chi connectivity index (χ4v) is 4.06. The van der Waals surface area contributed by atoms with Crippen molar-refractivity contribution in [3.63, 3.8) is 0 Å². The van der Waals surface area contributed by atoms with Crippen molar-refractivity contribution in [3.05, 3.63) is 82.5 Å². The molecule has 0 bridgehead atoms. The van der Waals surface area contributed by atoms with Gasteiger partial charge >= 0.3 is 0 Å². The number of carbonyl (C=O) groups is 1. The van der Waals surface area contributed by atoms with Crippen molar-refractivity contribution in [1.82, 2.24) is 4.98 Å². The molecule has 2 aromatic heterocycles. The van der Waals surface area contributed by atoms with Gasteiger partial charge in [0.2, 0.25) is 5.71 Å². The van der Waals surface area contributed by atoms with Crippen LogP contribution in [0.3, 0.4) is 0 Å². The first-order valence-corrected chi connectivity index (χ1v) is 9.54. The molecule has 0 unspecified atom stereocenters. The van der Waals surface area contributed by atoms with E-state index in [1.165, 1.54) is 0 Å². The first-order valence-electron chi connectivity index (χ1n) is 9.16. The lowest BCUT2D eigenvalue weighted by Gasteiger charge is -2.24. The number of rotatable bonds is 2. The Morgan fingerprint density at radius 3 is 2.54 bits per heavy atom. The highest BCUT2D eigenvalue weighted by molar-refractivity contribution is 6.30. The van der Waals surface area contributed by atoms with Crippen molar-refractivity contribution >= 4 is 34.2 Å². The van der Waals surface area contributed by atoms with Crippen LogP contribution in [0.15, 0.2) is 65.1 Å². The van der Waals surface area contributed by atoms with Crippen LogP contribution in [-0.2, 0) is 6.42 Å². The number of ketones is 1. The molecule has 4 aromatic rings. The molecular weight excluding hydrogens is 372 g/mol. The minimum atomic E-state index is 0.0237. The van der Waals surface area contributed by atoms with Crippen molar-refractivity contribution in [1.29, 1.82) is 0 Å². The number of nitrogen functional groups attached to an aromatic ring is 1.